The van der Waals surface area contributed by atoms with Crippen LogP contribution in [0, 0.1) is 0 Å². The van der Waals surface area contributed by atoms with Gasteiger partial charge in [-0.25, -0.2) is 9.59 Å². The average molecular weight is 684 g/mol. The summed E-state index contributed by atoms with van der Waals surface area (Å²) < 4.78 is 22.8. The molecule has 1 N–H and O–H groups in total. The number of nitrogens with zero attached hydrogens (tertiary/aromatic N) is 1. The predicted octanol–water partition coefficient (Wildman–Crippen LogP) is 7.05. The molecule has 47 heavy (non-hydrogen) atoms. The van der Waals surface area contributed by atoms with Crippen LogP contribution in [0.15, 0.2) is 69.9 Å². The first-order valence-electron chi connectivity index (χ1n) is 14.8. The third kappa shape index (κ3) is 8.64. The van der Waals surface area contributed by atoms with Crippen molar-refractivity contribution in [1.82, 2.24) is 10.2 Å². The second-order valence-electron chi connectivity index (χ2n) is 11.8. The quantitative estimate of drug-likeness (QED) is 0.177. The number of para-hydroxylation sites is 1. The Morgan fingerprint density at radius 3 is 2.23 bits per heavy atom. The SMILES string of the molecule is CCOC(=O)[C@H](Cc1cc(Cl)c(OCc2cccc3c(=O)c(C(=O)N(C)C)c(-c4ccccc4)oc23)c(Cl)c1)NC(=O)OC(C)(C)C. The van der Waals surface area contributed by atoms with Gasteiger partial charge in [0.25, 0.3) is 5.91 Å². The van der Waals surface area contributed by atoms with Crippen molar-refractivity contribution < 1.29 is 33.0 Å². The molecule has 2 amide bonds. The zero-order chi connectivity index (χ0) is 34.5. The molecule has 248 valence electrons. The Labute approximate surface area is 282 Å². The fraction of sp³-hybridized carbons (Fsp3) is 0.314. The van der Waals surface area contributed by atoms with E-state index in [9.17, 15) is 19.2 Å². The van der Waals surface area contributed by atoms with Gasteiger partial charge in [0.1, 0.15) is 29.4 Å². The van der Waals surface area contributed by atoms with Gasteiger partial charge in [-0.05, 0) is 51.5 Å². The number of esters is 1. The normalized spacial score (nSPS) is 11.9. The first kappa shape index (κ1) is 35.3. The third-order valence-corrected chi connectivity index (χ3v) is 7.35. The molecule has 1 aromatic heterocycles. The Bertz CT molecular complexity index is 1830. The van der Waals surface area contributed by atoms with E-state index in [-0.39, 0.29) is 57.7 Å². The van der Waals surface area contributed by atoms with Crippen molar-refractivity contribution in [3.63, 3.8) is 0 Å². The lowest BCUT2D eigenvalue weighted by molar-refractivity contribution is -0.145. The lowest BCUT2D eigenvalue weighted by Gasteiger charge is -2.23. The maximum Gasteiger partial charge on any atom is 0.408 e. The molecule has 0 unspecified atom stereocenters. The van der Waals surface area contributed by atoms with Crippen molar-refractivity contribution in [2.24, 2.45) is 0 Å². The number of carbonyl (C=O) groups excluding carboxylic acids is 3. The van der Waals surface area contributed by atoms with E-state index in [4.69, 9.17) is 41.8 Å². The maximum absolute atomic E-state index is 13.7. The summed E-state index contributed by atoms with van der Waals surface area (Å²) in [7, 11) is 3.14. The highest BCUT2D eigenvalue weighted by molar-refractivity contribution is 6.37. The zero-order valence-corrected chi connectivity index (χ0v) is 28.5. The van der Waals surface area contributed by atoms with Crippen LogP contribution in [-0.4, -0.2) is 55.2 Å². The number of nitrogens with one attached hydrogen (secondary N) is 1. The van der Waals surface area contributed by atoms with Crippen LogP contribution in [-0.2, 0) is 27.3 Å². The van der Waals surface area contributed by atoms with Crippen LogP contribution in [0.1, 0.15) is 49.2 Å². The van der Waals surface area contributed by atoms with Gasteiger partial charge in [-0.2, -0.15) is 0 Å². The second-order valence-corrected chi connectivity index (χ2v) is 12.6. The highest BCUT2D eigenvalue weighted by Gasteiger charge is 2.27. The average Bonchev–Trinajstić information content (AvgIpc) is 2.99. The van der Waals surface area contributed by atoms with Crippen molar-refractivity contribution >= 4 is 52.1 Å². The number of fused-ring (bicyclic) bond motifs is 1. The Balaban J connectivity index is 1.64. The summed E-state index contributed by atoms with van der Waals surface area (Å²) in [5, 5.41) is 3.06. The number of hydrogen-bond acceptors (Lipinski definition) is 8. The Kier molecular flexibility index (Phi) is 11.2. The van der Waals surface area contributed by atoms with Crippen molar-refractivity contribution in [1.29, 1.82) is 0 Å². The van der Waals surface area contributed by atoms with Crippen molar-refractivity contribution in [3.05, 3.63) is 97.6 Å². The summed E-state index contributed by atoms with van der Waals surface area (Å²) in [6.07, 6.45) is -0.759. The fourth-order valence-corrected chi connectivity index (χ4v) is 5.38. The first-order valence-corrected chi connectivity index (χ1v) is 15.6. The molecule has 0 spiro atoms. The second kappa shape index (κ2) is 14.9. The third-order valence-electron chi connectivity index (χ3n) is 6.79. The number of ether oxygens (including phenoxy) is 3. The zero-order valence-electron chi connectivity index (χ0n) is 26.9. The van der Waals surface area contributed by atoms with Gasteiger partial charge in [-0.1, -0.05) is 65.7 Å². The molecule has 0 saturated carbocycles. The number of carbonyl (C=O) groups is 3. The first-order chi connectivity index (χ1) is 22.2. The summed E-state index contributed by atoms with van der Waals surface area (Å²) in [6.45, 7) is 6.83. The number of benzene rings is 3. The minimum Gasteiger partial charge on any atom is -0.486 e. The van der Waals surface area contributed by atoms with E-state index in [1.807, 2.05) is 6.07 Å². The molecule has 1 atom stereocenters. The lowest BCUT2D eigenvalue weighted by atomic mass is 10.0. The highest BCUT2D eigenvalue weighted by atomic mass is 35.5. The summed E-state index contributed by atoms with van der Waals surface area (Å²) in [5.41, 5.74) is 0.552. The van der Waals surface area contributed by atoms with Gasteiger partial charge in [-0.3, -0.25) is 9.59 Å². The molecule has 0 aliphatic heterocycles. The van der Waals surface area contributed by atoms with E-state index in [1.54, 1.807) is 96.4 Å². The van der Waals surface area contributed by atoms with E-state index in [1.165, 1.54) is 4.90 Å². The Morgan fingerprint density at radius 2 is 1.64 bits per heavy atom. The number of hydrogen-bond donors (Lipinski definition) is 1. The van der Waals surface area contributed by atoms with Crippen LogP contribution in [0.25, 0.3) is 22.3 Å². The van der Waals surface area contributed by atoms with Crippen LogP contribution in [0.5, 0.6) is 5.75 Å². The largest absolute Gasteiger partial charge is 0.486 e. The van der Waals surface area contributed by atoms with Crippen LogP contribution < -0.4 is 15.5 Å². The van der Waals surface area contributed by atoms with Gasteiger partial charge in [0.15, 0.2) is 11.5 Å². The van der Waals surface area contributed by atoms with Crippen molar-refractivity contribution in [3.8, 4) is 17.1 Å². The number of amides is 2. The van der Waals surface area contributed by atoms with Crippen LogP contribution >= 0.6 is 23.2 Å². The van der Waals surface area contributed by atoms with Crippen LogP contribution in [0.2, 0.25) is 10.0 Å². The molecule has 0 saturated heterocycles. The molecule has 12 heteroatoms. The minimum atomic E-state index is -1.06. The molecule has 0 bridgehead atoms. The van der Waals surface area contributed by atoms with Crippen molar-refractivity contribution in [2.75, 3.05) is 20.7 Å². The van der Waals surface area contributed by atoms with E-state index in [2.05, 4.69) is 5.32 Å². The fourth-order valence-electron chi connectivity index (χ4n) is 4.74. The number of halogens is 2. The molecule has 0 fully saturated rings. The smallest absolute Gasteiger partial charge is 0.408 e. The summed E-state index contributed by atoms with van der Waals surface area (Å²) in [4.78, 5) is 53.2. The Morgan fingerprint density at radius 1 is 0.979 bits per heavy atom. The van der Waals surface area contributed by atoms with Gasteiger partial charge in [0, 0.05) is 31.6 Å². The lowest BCUT2D eigenvalue weighted by Crippen LogP contribution is -2.45. The molecule has 0 radical (unpaired) electrons. The summed E-state index contributed by atoms with van der Waals surface area (Å²) >= 11 is 13.2. The molecule has 10 nitrogen and oxygen atoms in total. The van der Waals surface area contributed by atoms with Crippen molar-refractivity contribution in [2.45, 2.75) is 52.4 Å². The van der Waals surface area contributed by atoms with Gasteiger partial charge in [0.2, 0.25) is 5.43 Å². The molecule has 0 aliphatic rings. The molecule has 1 heterocycles. The predicted molar refractivity (Wildman–Crippen MR) is 180 cm³/mol. The van der Waals surface area contributed by atoms with Crippen LogP contribution in [0.4, 0.5) is 4.79 Å². The number of rotatable bonds is 10. The van der Waals surface area contributed by atoms with Gasteiger partial charge < -0.3 is 28.8 Å². The van der Waals surface area contributed by atoms with E-state index >= 15 is 0 Å². The van der Waals surface area contributed by atoms with E-state index in [0.717, 1.165) is 0 Å². The Hall–Kier alpha value is -4.54. The summed E-state index contributed by atoms with van der Waals surface area (Å²) in [6, 6.07) is 16.0. The molecule has 4 aromatic rings. The van der Waals surface area contributed by atoms with Gasteiger partial charge in [0.05, 0.1) is 22.0 Å². The minimum absolute atomic E-state index is 0.0164. The van der Waals surface area contributed by atoms with Crippen LogP contribution in [0.3, 0.4) is 0 Å². The van der Waals surface area contributed by atoms with Gasteiger partial charge >= 0.3 is 12.1 Å². The molecule has 0 aliphatic carbocycles. The van der Waals surface area contributed by atoms with E-state index in [0.29, 0.717) is 16.7 Å². The standard InChI is InChI=1S/C35H36Cl2N2O8/c1-7-44-33(42)26(38-34(43)47-35(2,3)4)18-20-16-24(36)31(25(37)17-20)45-19-22-14-11-15-23-28(40)27(32(41)39(5)6)30(46-29(22)23)21-12-9-8-10-13-21/h8-17,26H,7,18-19H2,1-6H3,(H,38,43)/t26-/m0/s1. The monoisotopic (exact) mass is 682 g/mol. The molecular weight excluding hydrogens is 647 g/mol. The molecule has 3 aromatic carbocycles. The van der Waals surface area contributed by atoms with E-state index < -0.39 is 35.0 Å². The number of alkyl carbamates (subject to hydrolysis) is 1. The maximum atomic E-state index is 13.7. The topological polar surface area (TPSA) is 124 Å². The summed E-state index contributed by atoms with van der Waals surface area (Å²) in [5.74, 6) is -0.822. The van der Waals surface area contributed by atoms with Gasteiger partial charge in [-0.15, -0.1) is 0 Å². The molecule has 4 rings (SSSR count). The molecular formula is C35H36Cl2N2O8. The highest BCUT2D eigenvalue weighted by Crippen LogP contribution is 2.36.